The maximum Gasteiger partial charge on any atom is 0.276 e. The third-order valence-corrected chi connectivity index (χ3v) is 3.30. The highest BCUT2D eigenvalue weighted by atomic mass is 16.6. The van der Waals surface area contributed by atoms with Crippen LogP contribution in [0.3, 0.4) is 0 Å². The summed E-state index contributed by atoms with van der Waals surface area (Å²) in [4.78, 5) is 17.0. The third-order valence-electron chi connectivity index (χ3n) is 3.30. The first-order valence-electron chi connectivity index (χ1n) is 6.50. The van der Waals surface area contributed by atoms with Crippen molar-refractivity contribution in [3.05, 3.63) is 22.2 Å². The predicted molar refractivity (Wildman–Crippen MR) is 77.8 cm³/mol. The maximum absolute atomic E-state index is 11.0. The Bertz CT molecular complexity index is 448. The number of nitrogens with one attached hydrogen (secondary N) is 1. The molecule has 0 saturated carbocycles. The topological polar surface area (TPSA) is 71.3 Å². The third kappa shape index (κ3) is 3.81. The van der Waals surface area contributed by atoms with Gasteiger partial charge in [-0.25, -0.2) is 4.98 Å². The van der Waals surface area contributed by atoms with E-state index >= 15 is 0 Å². The van der Waals surface area contributed by atoms with E-state index in [2.05, 4.69) is 31.1 Å². The average Bonchev–Trinajstić information content (AvgIpc) is 2.36. The van der Waals surface area contributed by atoms with Crippen LogP contribution in [0.15, 0.2) is 12.1 Å². The highest BCUT2D eigenvalue weighted by Crippen LogP contribution is 2.25. The molecule has 0 aliphatic carbocycles. The van der Waals surface area contributed by atoms with E-state index in [9.17, 15) is 10.1 Å². The minimum atomic E-state index is -0.389. The molecule has 0 aliphatic rings. The molecule has 1 rings (SSSR count). The van der Waals surface area contributed by atoms with Crippen LogP contribution < -0.4 is 10.2 Å². The van der Waals surface area contributed by atoms with Crippen LogP contribution in [0.1, 0.15) is 27.7 Å². The Morgan fingerprint density at radius 1 is 1.42 bits per heavy atom. The molecule has 1 aromatic heterocycles. The molecular formula is C13H22N4O2. The van der Waals surface area contributed by atoms with Crippen LogP contribution in [-0.4, -0.2) is 29.5 Å². The normalized spacial score (nSPS) is 12.3. The fraction of sp³-hybridized carbons (Fsp3) is 0.615. The molecule has 1 aromatic rings. The smallest absolute Gasteiger partial charge is 0.276 e. The minimum Gasteiger partial charge on any atom is -0.370 e. The largest absolute Gasteiger partial charge is 0.370 e. The van der Waals surface area contributed by atoms with Gasteiger partial charge in [-0.2, -0.15) is 0 Å². The zero-order valence-electron chi connectivity index (χ0n) is 12.2. The summed E-state index contributed by atoms with van der Waals surface area (Å²) in [5.74, 6) is 1.59. The average molecular weight is 266 g/mol. The highest BCUT2D eigenvalue weighted by Gasteiger charge is 2.18. The molecule has 106 valence electrons. The van der Waals surface area contributed by atoms with Gasteiger partial charge in [0.2, 0.25) is 0 Å². The molecule has 0 spiro atoms. The summed E-state index contributed by atoms with van der Waals surface area (Å²) in [6.45, 7) is 8.92. The van der Waals surface area contributed by atoms with Crippen molar-refractivity contribution in [2.75, 3.05) is 23.8 Å². The van der Waals surface area contributed by atoms with Crippen LogP contribution in [0, 0.1) is 16.0 Å². The number of hydrogen-bond donors (Lipinski definition) is 1. The number of rotatable bonds is 6. The molecule has 1 heterocycles. The van der Waals surface area contributed by atoms with Crippen molar-refractivity contribution in [2.45, 2.75) is 33.7 Å². The van der Waals surface area contributed by atoms with Crippen LogP contribution in [0.2, 0.25) is 0 Å². The SMILES string of the molecule is CCNc1cc([N+](=O)[O-])cc(N(C)C(C)C(C)C)n1. The Kier molecular flexibility index (Phi) is 5.09. The van der Waals surface area contributed by atoms with E-state index in [0.717, 1.165) is 0 Å². The van der Waals surface area contributed by atoms with Crippen molar-refractivity contribution in [1.82, 2.24) is 4.98 Å². The van der Waals surface area contributed by atoms with Crippen LogP contribution in [-0.2, 0) is 0 Å². The Morgan fingerprint density at radius 2 is 2.05 bits per heavy atom. The molecule has 0 aromatic carbocycles. The Hall–Kier alpha value is -1.85. The van der Waals surface area contributed by atoms with Crippen LogP contribution in [0.4, 0.5) is 17.3 Å². The van der Waals surface area contributed by atoms with E-state index < -0.39 is 0 Å². The minimum absolute atomic E-state index is 0.0590. The van der Waals surface area contributed by atoms with Crippen molar-refractivity contribution in [2.24, 2.45) is 5.92 Å². The van der Waals surface area contributed by atoms with E-state index in [4.69, 9.17) is 0 Å². The quantitative estimate of drug-likeness (QED) is 0.633. The summed E-state index contributed by atoms with van der Waals surface area (Å²) in [7, 11) is 1.91. The number of pyridine rings is 1. The highest BCUT2D eigenvalue weighted by molar-refractivity contribution is 5.56. The summed E-state index contributed by atoms with van der Waals surface area (Å²) >= 11 is 0. The van der Waals surface area contributed by atoms with E-state index in [-0.39, 0.29) is 16.7 Å². The number of nitro groups is 1. The van der Waals surface area contributed by atoms with Crippen molar-refractivity contribution >= 4 is 17.3 Å². The van der Waals surface area contributed by atoms with Gasteiger partial charge in [0.05, 0.1) is 17.1 Å². The number of aromatic nitrogens is 1. The van der Waals surface area contributed by atoms with Gasteiger partial charge >= 0.3 is 0 Å². The van der Waals surface area contributed by atoms with Crippen LogP contribution >= 0.6 is 0 Å². The van der Waals surface area contributed by atoms with Gasteiger partial charge in [-0.3, -0.25) is 10.1 Å². The summed E-state index contributed by atoms with van der Waals surface area (Å²) in [5, 5.41) is 14.0. The lowest BCUT2D eigenvalue weighted by atomic mass is 10.1. The van der Waals surface area contributed by atoms with Gasteiger partial charge in [0, 0.05) is 19.6 Å². The van der Waals surface area contributed by atoms with Crippen LogP contribution in [0.5, 0.6) is 0 Å². The lowest BCUT2D eigenvalue weighted by Gasteiger charge is -2.29. The second kappa shape index (κ2) is 6.36. The zero-order valence-corrected chi connectivity index (χ0v) is 12.2. The summed E-state index contributed by atoms with van der Waals surface area (Å²) < 4.78 is 0. The predicted octanol–water partition coefficient (Wildman–Crippen LogP) is 2.90. The van der Waals surface area contributed by atoms with Crippen molar-refractivity contribution in [3.63, 3.8) is 0 Å². The molecule has 6 nitrogen and oxygen atoms in total. The standard InChI is InChI=1S/C13H22N4O2/c1-6-14-12-7-11(17(18)19)8-13(15-12)16(5)10(4)9(2)3/h7-10H,6H2,1-5H3,(H,14,15). The van der Waals surface area contributed by atoms with E-state index in [1.54, 1.807) is 0 Å². The Morgan fingerprint density at radius 3 is 2.53 bits per heavy atom. The zero-order chi connectivity index (χ0) is 14.6. The van der Waals surface area contributed by atoms with Gasteiger partial charge in [-0.15, -0.1) is 0 Å². The molecule has 0 saturated heterocycles. The second-order valence-electron chi connectivity index (χ2n) is 4.95. The van der Waals surface area contributed by atoms with Gasteiger partial charge in [-0.1, -0.05) is 13.8 Å². The lowest BCUT2D eigenvalue weighted by molar-refractivity contribution is -0.384. The number of hydrogen-bond acceptors (Lipinski definition) is 5. The van der Waals surface area contributed by atoms with Gasteiger partial charge in [-0.05, 0) is 19.8 Å². The van der Waals surface area contributed by atoms with Gasteiger partial charge in [0.1, 0.15) is 11.6 Å². The molecule has 19 heavy (non-hydrogen) atoms. The molecule has 1 atom stereocenters. The monoisotopic (exact) mass is 266 g/mol. The van der Waals surface area contributed by atoms with Crippen molar-refractivity contribution in [3.8, 4) is 0 Å². The fourth-order valence-corrected chi connectivity index (χ4v) is 1.72. The van der Waals surface area contributed by atoms with E-state index in [1.807, 2.05) is 18.9 Å². The molecule has 0 radical (unpaired) electrons. The second-order valence-corrected chi connectivity index (χ2v) is 4.95. The first-order chi connectivity index (χ1) is 8.86. The van der Waals surface area contributed by atoms with Crippen LogP contribution in [0.25, 0.3) is 0 Å². The first-order valence-corrected chi connectivity index (χ1v) is 6.50. The molecule has 0 amide bonds. The molecule has 1 N–H and O–H groups in total. The van der Waals surface area contributed by atoms with E-state index in [0.29, 0.717) is 24.1 Å². The summed E-state index contributed by atoms with van der Waals surface area (Å²) in [6, 6.07) is 3.23. The molecule has 0 fully saturated rings. The first kappa shape index (κ1) is 15.2. The number of anilines is 2. The Balaban J connectivity index is 3.15. The lowest BCUT2D eigenvalue weighted by Crippen LogP contribution is -2.33. The fourth-order valence-electron chi connectivity index (χ4n) is 1.72. The number of nitrogens with zero attached hydrogens (tertiary/aromatic N) is 3. The summed E-state index contributed by atoms with van der Waals surface area (Å²) in [5.41, 5.74) is 0.0590. The molecule has 1 unspecified atom stereocenters. The van der Waals surface area contributed by atoms with E-state index in [1.165, 1.54) is 12.1 Å². The van der Waals surface area contributed by atoms with Gasteiger partial charge in [0.25, 0.3) is 5.69 Å². The maximum atomic E-state index is 11.0. The Labute approximate surface area is 114 Å². The molecular weight excluding hydrogens is 244 g/mol. The van der Waals surface area contributed by atoms with Gasteiger partial charge < -0.3 is 10.2 Å². The molecule has 0 aliphatic heterocycles. The van der Waals surface area contributed by atoms with Gasteiger partial charge in [0.15, 0.2) is 0 Å². The molecule has 6 heteroatoms. The summed E-state index contributed by atoms with van der Waals surface area (Å²) in [6.07, 6.45) is 0. The van der Waals surface area contributed by atoms with Crippen molar-refractivity contribution < 1.29 is 4.92 Å². The molecule has 0 bridgehead atoms. The van der Waals surface area contributed by atoms with Crippen molar-refractivity contribution in [1.29, 1.82) is 0 Å².